The van der Waals surface area contributed by atoms with Gasteiger partial charge in [0.2, 0.25) is 0 Å². The molecule has 0 saturated carbocycles. The summed E-state index contributed by atoms with van der Waals surface area (Å²) >= 11 is 0. The fraction of sp³-hybridized carbons (Fsp3) is 0.647. The standard InChI is InChI=1S/C17H29NO2/c1-4-10-18-13-15(3)17-8-6-16(7-9-17)14-20-12-11-19-5-2/h6-9,15,18H,4-5,10-14H2,1-3H3. The van der Waals surface area contributed by atoms with Gasteiger partial charge in [-0.3, -0.25) is 0 Å². The van der Waals surface area contributed by atoms with Gasteiger partial charge >= 0.3 is 0 Å². The molecule has 0 bridgehead atoms. The summed E-state index contributed by atoms with van der Waals surface area (Å²) in [7, 11) is 0. The third-order valence-electron chi connectivity index (χ3n) is 3.27. The molecule has 1 N–H and O–H groups in total. The average molecular weight is 279 g/mol. The van der Waals surface area contributed by atoms with Crippen molar-refractivity contribution in [3.05, 3.63) is 35.4 Å². The van der Waals surface area contributed by atoms with Crippen LogP contribution in [0.3, 0.4) is 0 Å². The van der Waals surface area contributed by atoms with Crippen LogP contribution in [0.25, 0.3) is 0 Å². The van der Waals surface area contributed by atoms with Crippen LogP contribution in [-0.4, -0.2) is 32.9 Å². The van der Waals surface area contributed by atoms with Crippen molar-refractivity contribution in [3.8, 4) is 0 Å². The lowest BCUT2D eigenvalue weighted by molar-refractivity contribution is 0.0453. The quantitative estimate of drug-likeness (QED) is 0.630. The third-order valence-corrected chi connectivity index (χ3v) is 3.27. The van der Waals surface area contributed by atoms with Gasteiger partial charge in [0.25, 0.3) is 0 Å². The Morgan fingerprint density at radius 3 is 2.40 bits per heavy atom. The van der Waals surface area contributed by atoms with Crippen molar-refractivity contribution < 1.29 is 9.47 Å². The summed E-state index contributed by atoms with van der Waals surface area (Å²) in [6.07, 6.45) is 1.19. The molecule has 0 aliphatic heterocycles. The van der Waals surface area contributed by atoms with E-state index in [4.69, 9.17) is 9.47 Å². The second-order valence-electron chi connectivity index (χ2n) is 5.10. The van der Waals surface area contributed by atoms with Crippen LogP contribution in [0.2, 0.25) is 0 Å². The van der Waals surface area contributed by atoms with Gasteiger partial charge in [0.1, 0.15) is 0 Å². The highest BCUT2D eigenvalue weighted by Crippen LogP contribution is 2.15. The monoisotopic (exact) mass is 279 g/mol. The van der Waals surface area contributed by atoms with Crippen LogP contribution in [0.4, 0.5) is 0 Å². The Hall–Kier alpha value is -0.900. The minimum atomic E-state index is 0.550. The first-order valence-corrected chi connectivity index (χ1v) is 7.73. The largest absolute Gasteiger partial charge is 0.379 e. The molecule has 0 saturated heterocycles. The zero-order valence-electron chi connectivity index (χ0n) is 13.2. The molecule has 0 aliphatic carbocycles. The van der Waals surface area contributed by atoms with Gasteiger partial charge in [-0.15, -0.1) is 0 Å². The van der Waals surface area contributed by atoms with E-state index in [1.807, 2.05) is 6.92 Å². The summed E-state index contributed by atoms with van der Waals surface area (Å²) in [5.41, 5.74) is 2.60. The molecule has 0 radical (unpaired) electrons. The minimum absolute atomic E-state index is 0.550. The van der Waals surface area contributed by atoms with Gasteiger partial charge in [0.15, 0.2) is 0 Å². The van der Waals surface area contributed by atoms with Crippen molar-refractivity contribution in [3.63, 3.8) is 0 Å². The molecular weight excluding hydrogens is 250 g/mol. The molecule has 0 amide bonds. The Balaban J connectivity index is 2.28. The zero-order valence-corrected chi connectivity index (χ0v) is 13.2. The van der Waals surface area contributed by atoms with Gasteiger partial charge < -0.3 is 14.8 Å². The molecule has 114 valence electrons. The van der Waals surface area contributed by atoms with Crippen LogP contribution in [0.1, 0.15) is 44.2 Å². The molecule has 1 unspecified atom stereocenters. The van der Waals surface area contributed by atoms with Gasteiger partial charge in [-0.2, -0.15) is 0 Å². The Labute approximate surface area is 123 Å². The molecule has 1 rings (SSSR count). The molecule has 20 heavy (non-hydrogen) atoms. The summed E-state index contributed by atoms with van der Waals surface area (Å²) in [5, 5.41) is 3.46. The van der Waals surface area contributed by atoms with Crippen molar-refractivity contribution in [1.29, 1.82) is 0 Å². The van der Waals surface area contributed by atoms with E-state index in [2.05, 4.69) is 43.4 Å². The number of hydrogen-bond donors (Lipinski definition) is 1. The predicted molar refractivity (Wildman–Crippen MR) is 84.2 cm³/mol. The molecule has 0 aromatic heterocycles. The van der Waals surface area contributed by atoms with Gasteiger partial charge in [0.05, 0.1) is 19.8 Å². The molecule has 0 aliphatic rings. The fourth-order valence-electron chi connectivity index (χ4n) is 2.01. The van der Waals surface area contributed by atoms with E-state index in [1.165, 1.54) is 17.5 Å². The first-order chi connectivity index (χ1) is 9.77. The van der Waals surface area contributed by atoms with E-state index >= 15 is 0 Å². The highest BCUT2D eigenvalue weighted by atomic mass is 16.5. The molecule has 3 heteroatoms. The molecule has 1 aromatic rings. The lowest BCUT2D eigenvalue weighted by atomic mass is 10.00. The number of benzene rings is 1. The summed E-state index contributed by atoms with van der Waals surface area (Å²) in [6.45, 7) is 11.3. The summed E-state index contributed by atoms with van der Waals surface area (Å²) < 4.78 is 10.8. The second kappa shape index (κ2) is 10.8. The Kier molecular flexibility index (Phi) is 9.29. The van der Waals surface area contributed by atoms with Crippen LogP contribution in [0, 0.1) is 0 Å². The van der Waals surface area contributed by atoms with Gasteiger partial charge in [-0.25, -0.2) is 0 Å². The summed E-state index contributed by atoms with van der Waals surface area (Å²) in [4.78, 5) is 0. The van der Waals surface area contributed by atoms with Crippen molar-refractivity contribution in [2.75, 3.05) is 32.9 Å². The van der Waals surface area contributed by atoms with Crippen LogP contribution in [-0.2, 0) is 16.1 Å². The van der Waals surface area contributed by atoms with E-state index in [0.717, 1.165) is 19.7 Å². The topological polar surface area (TPSA) is 30.5 Å². The Bertz CT molecular complexity index is 337. The molecule has 0 fully saturated rings. The molecule has 0 heterocycles. The zero-order chi connectivity index (χ0) is 14.6. The van der Waals surface area contributed by atoms with Crippen molar-refractivity contribution in [1.82, 2.24) is 5.32 Å². The van der Waals surface area contributed by atoms with Gasteiger partial charge in [0, 0.05) is 13.2 Å². The maximum Gasteiger partial charge on any atom is 0.0718 e. The average Bonchev–Trinajstić information content (AvgIpc) is 2.48. The highest BCUT2D eigenvalue weighted by molar-refractivity contribution is 5.24. The van der Waals surface area contributed by atoms with Gasteiger partial charge in [-0.05, 0) is 36.9 Å². The van der Waals surface area contributed by atoms with E-state index in [9.17, 15) is 0 Å². The van der Waals surface area contributed by atoms with Crippen molar-refractivity contribution >= 4 is 0 Å². The molecule has 3 nitrogen and oxygen atoms in total. The van der Waals surface area contributed by atoms with E-state index < -0.39 is 0 Å². The first-order valence-electron chi connectivity index (χ1n) is 7.73. The second-order valence-corrected chi connectivity index (χ2v) is 5.10. The van der Waals surface area contributed by atoms with Crippen LogP contribution >= 0.6 is 0 Å². The molecular formula is C17H29NO2. The molecule has 1 aromatic carbocycles. The SMILES string of the molecule is CCCNCC(C)c1ccc(COCCOCC)cc1. The highest BCUT2D eigenvalue weighted by Gasteiger charge is 2.04. The normalized spacial score (nSPS) is 12.6. The maximum atomic E-state index is 5.56. The Morgan fingerprint density at radius 1 is 1.05 bits per heavy atom. The van der Waals surface area contributed by atoms with Crippen LogP contribution < -0.4 is 5.32 Å². The fourth-order valence-corrected chi connectivity index (χ4v) is 2.01. The van der Waals surface area contributed by atoms with Crippen molar-refractivity contribution in [2.45, 2.75) is 39.7 Å². The summed E-state index contributed by atoms with van der Waals surface area (Å²) in [6, 6.07) is 8.73. The molecule has 1 atom stereocenters. The number of ether oxygens (including phenoxy) is 2. The van der Waals surface area contributed by atoms with E-state index in [1.54, 1.807) is 0 Å². The van der Waals surface area contributed by atoms with Crippen LogP contribution in [0.5, 0.6) is 0 Å². The smallest absolute Gasteiger partial charge is 0.0718 e. The minimum Gasteiger partial charge on any atom is -0.379 e. The lowest BCUT2D eigenvalue weighted by Gasteiger charge is -2.13. The predicted octanol–water partition coefficient (Wildman–Crippen LogP) is 3.34. The van der Waals surface area contributed by atoms with Crippen molar-refractivity contribution in [2.24, 2.45) is 0 Å². The number of hydrogen-bond acceptors (Lipinski definition) is 3. The van der Waals surface area contributed by atoms with E-state index in [-0.39, 0.29) is 0 Å². The summed E-state index contributed by atoms with van der Waals surface area (Å²) in [5.74, 6) is 0.550. The van der Waals surface area contributed by atoms with Crippen LogP contribution in [0.15, 0.2) is 24.3 Å². The Morgan fingerprint density at radius 2 is 1.75 bits per heavy atom. The number of rotatable bonds is 11. The number of nitrogens with one attached hydrogen (secondary N) is 1. The first kappa shape index (κ1) is 17.2. The maximum absolute atomic E-state index is 5.56. The third kappa shape index (κ3) is 7.04. The van der Waals surface area contributed by atoms with E-state index in [0.29, 0.717) is 25.7 Å². The molecule has 0 spiro atoms. The van der Waals surface area contributed by atoms with Gasteiger partial charge in [-0.1, -0.05) is 38.1 Å². The lowest BCUT2D eigenvalue weighted by Crippen LogP contribution is -2.20.